The Kier molecular flexibility index (Phi) is 4.02. The highest BCUT2D eigenvalue weighted by molar-refractivity contribution is 5.95. The van der Waals surface area contributed by atoms with Crippen molar-refractivity contribution in [1.82, 2.24) is 4.90 Å². The zero-order chi connectivity index (χ0) is 14.7. The van der Waals surface area contributed by atoms with Gasteiger partial charge in [0, 0.05) is 12.1 Å². The number of benzene rings is 2. The maximum atomic E-state index is 12.5. The largest absolute Gasteiger partial charge is 0.377 e. The number of rotatable bonds is 2. The van der Waals surface area contributed by atoms with Gasteiger partial charge in [0.15, 0.2) is 0 Å². The highest BCUT2D eigenvalue weighted by Gasteiger charge is 2.24. The Morgan fingerprint density at radius 1 is 1.05 bits per heavy atom. The van der Waals surface area contributed by atoms with Crippen molar-refractivity contribution in [2.75, 3.05) is 19.8 Å². The normalized spacial score (nSPS) is 18.5. The molecule has 0 aliphatic carbocycles. The molecule has 108 valence electrons. The van der Waals surface area contributed by atoms with E-state index in [4.69, 9.17) is 4.74 Å². The number of amides is 1. The molecule has 3 nitrogen and oxygen atoms in total. The number of nitrogens with zero attached hydrogens (tertiary/aromatic N) is 1. The fourth-order valence-corrected chi connectivity index (χ4v) is 2.63. The average molecular weight is 281 g/mol. The van der Waals surface area contributed by atoms with E-state index >= 15 is 0 Å². The van der Waals surface area contributed by atoms with Gasteiger partial charge in [-0.3, -0.25) is 4.79 Å². The molecule has 1 aliphatic rings. The molecule has 1 fully saturated rings. The molecule has 3 heteroatoms. The van der Waals surface area contributed by atoms with E-state index in [2.05, 4.69) is 12.1 Å². The molecule has 2 aromatic rings. The molecule has 1 atom stereocenters. The molecule has 0 radical (unpaired) electrons. The van der Waals surface area contributed by atoms with Crippen LogP contribution in [0.3, 0.4) is 0 Å². The Bertz CT molecular complexity index is 607. The van der Waals surface area contributed by atoms with Crippen LogP contribution < -0.4 is 0 Å². The van der Waals surface area contributed by atoms with E-state index in [0.717, 1.165) is 16.7 Å². The molecule has 0 N–H and O–H groups in total. The van der Waals surface area contributed by atoms with Gasteiger partial charge >= 0.3 is 0 Å². The summed E-state index contributed by atoms with van der Waals surface area (Å²) < 4.78 is 5.38. The number of hydrogen-bond donors (Lipinski definition) is 0. The minimum Gasteiger partial charge on any atom is -0.377 e. The molecule has 1 unspecified atom stereocenters. The van der Waals surface area contributed by atoms with Crippen LogP contribution in [0.15, 0.2) is 54.6 Å². The molecule has 0 bridgehead atoms. The summed E-state index contributed by atoms with van der Waals surface area (Å²) in [6.45, 7) is 3.93. The van der Waals surface area contributed by atoms with E-state index in [-0.39, 0.29) is 11.9 Å². The van der Waals surface area contributed by atoms with E-state index in [9.17, 15) is 4.79 Å². The van der Waals surface area contributed by atoms with Gasteiger partial charge in [-0.2, -0.15) is 0 Å². The Hall–Kier alpha value is -2.13. The van der Waals surface area contributed by atoms with Gasteiger partial charge < -0.3 is 9.64 Å². The van der Waals surface area contributed by atoms with Crippen molar-refractivity contribution in [3.05, 3.63) is 60.2 Å². The maximum absolute atomic E-state index is 12.5. The lowest BCUT2D eigenvalue weighted by Crippen LogP contribution is -2.47. The summed E-state index contributed by atoms with van der Waals surface area (Å²) >= 11 is 0. The lowest BCUT2D eigenvalue weighted by Gasteiger charge is -2.33. The van der Waals surface area contributed by atoms with Crippen molar-refractivity contribution in [2.45, 2.75) is 13.0 Å². The average Bonchev–Trinajstić information content (AvgIpc) is 2.56. The first-order valence-corrected chi connectivity index (χ1v) is 7.30. The first kappa shape index (κ1) is 13.8. The molecule has 0 aromatic heterocycles. The highest BCUT2D eigenvalue weighted by Crippen LogP contribution is 2.20. The van der Waals surface area contributed by atoms with Crippen LogP contribution in [0.2, 0.25) is 0 Å². The summed E-state index contributed by atoms with van der Waals surface area (Å²) in [6.07, 6.45) is 0. The highest BCUT2D eigenvalue weighted by atomic mass is 16.5. The Balaban J connectivity index is 1.79. The van der Waals surface area contributed by atoms with Gasteiger partial charge in [-0.05, 0) is 30.2 Å². The lowest BCUT2D eigenvalue weighted by molar-refractivity contribution is 0.00359. The molecule has 1 aliphatic heterocycles. The predicted molar refractivity (Wildman–Crippen MR) is 83.2 cm³/mol. The van der Waals surface area contributed by atoms with Crippen molar-refractivity contribution in [3.8, 4) is 11.1 Å². The number of carbonyl (C=O) groups is 1. The Morgan fingerprint density at radius 3 is 2.38 bits per heavy atom. The molecular formula is C18H19NO2. The lowest BCUT2D eigenvalue weighted by atomic mass is 10.0. The molecule has 2 aromatic carbocycles. The number of hydrogen-bond acceptors (Lipinski definition) is 2. The predicted octanol–water partition coefficient (Wildman–Crippen LogP) is 3.21. The smallest absolute Gasteiger partial charge is 0.254 e. The topological polar surface area (TPSA) is 29.5 Å². The van der Waals surface area contributed by atoms with E-state index in [1.807, 2.05) is 54.3 Å². The molecule has 21 heavy (non-hydrogen) atoms. The Morgan fingerprint density at radius 2 is 1.71 bits per heavy atom. The van der Waals surface area contributed by atoms with Crippen LogP contribution in [0.4, 0.5) is 0 Å². The van der Waals surface area contributed by atoms with Gasteiger partial charge in [0.05, 0.1) is 19.3 Å². The van der Waals surface area contributed by atoms with Gasteiger partial charge in [-0.15, -0.1) is 0 Å². The van der Waals surface area contributed by atoms with Crippen LogP contribution in [0.1, 0.15) is 17.3 Å². The van der Waals surface area contributed by atoms with Crippen LogP contribution >= 0.6 is 0 Å². The van der Waals surface area contributed by atoms with Gasteiger partial charge in [-0.25, -0.2) is 0 Å². The van der Waals surface area contributed by atoms with Crippen LogP contribution in [0.5, 0.6) is 0 Å². The summed E-state index contributed by atoms with van der Waals surface area (Å²) in [4.78, 5) is 14.4. The maximum Gasteiger partial charge on any atom is 0.254 e. The third-order valence-electron chi connectivity index (χ3n) is 3.87. The van der Waals surface area contributed by atoms with E-state index in [1.165, 1.54) is 0 Å². The van der Waals surface area contributed by atoms with E-state index in [0.29, 0.717) is 19.8 Å². The molecule has 0 spiro atoms. The summed E-state index contributed by atoms with van der Waals surface area (Å²) in [5.41, 5.74) is 3.03. The first-order chi connectivity index (χ1) is 10.3. The van der Waals surface area contributed by atoms with Crippen molar-refractivity contribution in [3.63, 3.8) is 0 Å². The minimum atomic E-state index is 0.0883. The Labute approximate surface area is 125 Å². The summed E-state index contributed by atoms with van der Waals surface area (Å²) in [5.74, 6) is 0.0883. The van der Waals surface area contributed by atoms with Gasteiger partial charge in [-0.1, -0.05) is 42.5 Å². The second-order valence-corrected chi connectivity index (χ2v) is 5.37. The molecular weight excluding hydrogens is 262 g/mol. The molecule has 1 heterocycles. The molecule has 1 amide bonds. The zero-order valence-corrected chi connectivity index (χ0v) is 12.2. The van der Waals surface area contributed by atoms with Crippen molar-refractivity contribution in [2.24, 2.45) is 0 Å². The number of ether oxygens (including phenoxy) is 1. The van der Waals surface area contributed by atoms with Crippen LogP contribution in [-0.4, -0.2) is 36.6 Å². The van der Waals surface area contributed by atoms with E-state index < -0.39 is 0 Å². The molecule has 3 rings (SSSR count). The SMILES string of the molecule is CC1COCCN1C(=O)c1ccc(-c2ccccc2)cc1. The first-order valence-electron chi connectivity index (χ1n) is 7.30. The zero-order valence-electron chi connectivity index (χ0n) is 12.2. The minimum absolute atomic E-state index is 0.0883. The fourth-order valence-electron chi connectivity index (χ4n) is 2.63. The third kappa shape index (κ3) is 2.98. The van der Waals surface area contributed by atoms with Crippen molar-refractivity contribution >= 4 is 5.91 Å². The van der Waals surface area contributed by atoms with Crippen LogP contribution in [0, 0.1) is 0 Å². The van der Waals surface area contributed by atoms with Gasteiger partial charge in [0.1, 0.15) is 0 Å². The number of carbonyl (C=O) groups excluding carboxylic acids is 1. The van der Waals surface area contributed by atoms with E-state index in [1.54, 1.807) is 0 Å². The van der Waals surface area contributed by atoms with Gasteiger partial charge in [0.25, 0.3) is 5.91 Å². The molecule has 0 saturated carbocycles. The van der Waals surface area contributed by atoms with Crippen LogP contribution in [0.25, 0.3) is 11.1 Å². The quantitative estimate of drug-likeness (QED) is 0.846. The fraction of sp³-hybridized carbons (Fsp3) is 0.278. The van der Waals surface area contributed by atoms with Crippen molar-refractivity contribution in [1.29, 1.82) is 0 Å². The summed E-state index contributed by atoms with van der Waals surface area (Å²) in [6, 6.07) is 18.2. The second kappa shape index (κ2) is 6.10. The number of morpholine rings is 1. The van der Waals surface area contributed by atoms with Crippen LogP contribution in [-0.2, 0) is 4.74 Å². The monoisotopic (exact) mass is 281 g/mol. The summed E-state index contributed by atoms with van der Waals surface area (Å²) in [7, 11) is 0. The van der Waals surface area contributed by atoms with Crippen molar-refractivity contribution < 1.29 is 9.53 Å². The molecule has 1 saturated heterocycles. The third-order valence-corrected chi connectivity index (χ3v) is 3.87. The van der Waals surface area contributed by atoms with Gasteiger partial charge in [0.2, 0.25) is 0 Å². The summed E-state index contributed by atoms with van der Waals surface area (Å²) in [5, 5.41) is 0. The standard InChI is InChI=1S/C18H19NO2/c1-14-13-21-12-11-19(14)18(20)17-9-7-16(8-10-17)15-5-3-2-4-6-15/h2-10,14H,11-13H2,1H3. The second-order valence-electron chi connectivity index (χ2n) is 5.37.